The number of hydrogen-bond donors (Lipinski definition) is 1. The Hall–Kier alpha value is -3.78. The van der Waals surface area contributed by atoms with Crippen molar-refractivity contribution in [2.45, 2.75) is 13.0 Å². The monoisotopic (exact) mass is 358 g/mol. The van der Waals surface area contributed by atoms with Crippen LogP contribution in [0.3, 0.4) is 0 Å². The van der Waals surface area contributed by atoms with Crippen molar-refractivity contribution < 1.29 is 14.3 Å². The van der Waals surface area contributed by atoms with Gasteiger partial charge in [-0.15, -0.1) is 0 Å². The molecule has 0 unspecified atom stereocenters. The fourth-order valence-corrected chi connectivity index (χ4v) is 2.37. The second-order valence-corrected chi connectivity index (χ2v) is 5.80. The maximum Gasteiger partial charge on any atom is 0.265 e. The molecule has 5 nitrogen and oxygen atoms in total. The summed E-state index contributed by atoms with van der Waals surface area (Å²) in [6.45, 7) is 1.66. The number of carbonyl (C=O) groups excluding carboxylic acids is 1. The standard InChI is InChI=1S/C22H18N2O3/c1-16(26-19-13-11-17(15-23)12-14-19)22(25)24-20-9-5-6-10-21(20)27-18-7-3-2-4-8-18/h2-14,16H,1H3,(H,24,25)/t16-/m0/s1. The summed E-state index contributed by atoms with van der Waals surface area (Å²) in [7, 11) is 0. The average Bonchev–Trinajstić information content (AvgIpc) is 2.71. The van der Waals surface area contributed by atoms with Crippen LogP contribution >= 0.6 is 0 Å². The first-order chi connectivity index (χ1) is 13.2. The molecule has 0 aromatic heterocycles. The van der Waals surface area contributed by atoms with Crippen LogP contribution < -0.4 is 14.8 Å². The van der Waals surface area contributed by atoms with Crippen molar-refractivity contribution in [2.24, 2.45) is 0 Å². The van der Waals surface area contributed by atoms with Crippen molar-refractivity contribution in [2.75, 3.05) is 5.32 Å². The Bertz CT molecular complexity index is 947. The molecule has 0 aliphatic heterocycles. The van der Waals surface area contributed by atoms with Crippen molar-refractivity contribution in [3.63, 3.8) is 0 Å². The lowest BCUT2D eigenvalue weighted by molar-refractivity contribution is -0.122. The van der Waals surface area contributed by atoms with E-state index in [1.807, 2.05) is 48.5 Å². The van der Waals surface area contributed by atoms with Crippen LogP contribution in [-0.4, -0.2) is 12.0 Å². The van der Waals surface area contributed by atoms with E-state index in [9.17, 15) is 4.79 Å². The Labute approximate surface area is 157 Å². The molecular weight excluding hydrogens is 340 g/mol. The quantitative estimate of drug-likeness (QED) is 0.690. The van der Waals surface area contributed by atoms with Crippen molar-refractivity contribution in [3.05, 3.63) is 84.4 Å². The largest absolute Gasteiger partial charge is 0.481 e. The number of rotatable bonds is 6. The number of ether oxygens (including phenoxy) is 2. The van der Waals surface area contributed by atoms with Crippen molar-refractivity contribution >= 4 is 11.6 Å². The van der Waals surface area contributed by atoms with Gasteiger partial charge in [0, 0.05) is 0 Å². The molecule has 0 saturated heterocycles. The molecule has 1 atom stereocenters. The maximum atomic E-state index is 12.5. The summed E-state index contributed by atoms with van der Waals surface area (Å²) in [4.78, 5) is 12.5. The summed E-state index contributed by atoms with van der Waals surface area (Å²) in [6.07, 6.45) is -0.720. The van der Waals surface area contributed by atoms with Crippen LogP contribution in [0.4, 0.5) is 5.69 Å². The SMILES string of the molecule is C[C@H](Oc1ccc(C#N)cc1)C(=O)Nc1ccccc1Oc1ccccc1. The zero-order chi connectivity index (χ0) is 19.1. The van der Waals surface area contributed by atoms with Crippen LogP contribution in [0, 0.1) is 11.3 Å². The molecule has 1 N–H and O–H groups in total. The number of hydrogen-bond acceptors (Lipinski definition) is 4. The van der Waals surface area contributed by atoms with Gasteiger partial charge >= 0.3 is 0 Å². The van der Waals surface area contributed by atoms with Gasteiger partial charge in [-0.2, -0.15) is 5.26 Å². The van der Waals surface area contributed by atoms with Gasteiger partial charge in [0.15, 0.2) is 11.9 Å². The van der Waals surface area contributed by atoms with Gasteiger partial charge in [-0.05, 0) is 55.5 Å². The third-order valence-corrected chi connectivity index (χ3v) is 3.78. The normalized spacial score (nSPS) is 11.1. The zero-order valence-corrected chi connectivity index (χ0v) is 14.8. The number of para-hydroxylation sites is 3. The lowest BCUT2D eigenvalue weighted by Gasteiger charge is -2.16. The van der Waals surface area contributed by atoms with Crippen LogP contribution in [0.5, 0.6) is 17.2 Å². The Kier molecular flexibility index (Phi) is 5.70. The number of nitrogens with one attached hydrogen (secondary N) is 1. The van der Waals surface area contributed by atoms with E-state index >= 15 is 0 Å². The topological polar surface area (TPSA) is 71.3 Å². The first kappa shape index (κ1) is 18.0. The zero-order valence-electron chi connectivity index (χ0n) is 14.8. The van der Waals surface area contributed by atoms with Crippen LogP contribution in [0.1, 0.15) is 12.5 Å². The molecule has 0 fully saturated rings. The van der Waals surface area contributed by atoms with Gasteiger partial charge in [-0.3, -0.25) is 4.79 Å². The molecular formula is C22H18N2O3. The summed E-state index contributed by atoms with van der Waals surface area (Å²) >= 11 is 0. The molecule has 0 spiro atoms. The van der Waals surface area contributed by atoms with Gasteiger partial charge in [-0.1, -0.05) is 30.3 Å². The minimum Gasteiger partial charge on any atom is -0.481 e. The minimum absolute atomic E-state index is 0.302. The average molecular weight is 358 g/mol. The smallest absolute Gasteiger partial charge is 0.265 e. The van der Waals surface area contributed by atoms with E-state index in [1.54, 1.807) is 43.3 Å². The van der Waals surface area contributed by atoms with Gasteiger partial charge in [0.1, 0.15) is 11.5 Å². The van der Waals surface area contributed by atoms with E-state index in [4.69, 9.17) is 14.7 Å². The molecule has 0 bridgehead atoms. The Balaban J connectivity index is 1.67. The Morgan fingerprint density at radius 3 is 2.30 bits per heavy atom. The van der Waals surface area contributed by atoms with Crippen molar-refractivity contribution in [3.8, 4) is 23.3 Å². The highest BCUT2D eigenvalue weighted by atomic mass is 16.5. The van der Waals surface area contributed by atoms with Crippen LogP contribution in [0.2, 0.25) is 0 Å². The van der Waals surface area contributed by atoms with E-state index in [-0.39, 0.29) is 5.91 Å². The first-order valence-corrected chi connectivity index (χ1v) is 8.45. The molecule has 3 rings (SSSR count). The molecule has 0 aliphatic rings. The second kappa shape index (κ2) is 8.54. The van der Waals surface area contributed by atoms with E-state index in [2.05, 4.69) is 5.32 Å². The van der Waals surface area contributed by atoms with E-state index < -0.39 is 6.10 Å². The van der Waals surface area contributed by atoms with Crippen molar-refractivity contribution in [1.82, 2.24) is 0 Å². The number of benzene rings is 3. The predicted molar refractivity (Wildman–Crippen MR) is 103 cm³/mol. The molecule has 0 aliphatic carbocycles. The number of nitrogens with zero attached hydrogens (tertiary/aromatic N) is 1. The number of amides is 1. The third kappa shape index (κ3) is 4.86. The van der Waals surface area contributed by atoms with Crippen LogP contribution in [-0.2, 0) is 4.79 Å². The Morgan fingerprint density at radius 1 is 0.926 bits per heavy atom. The molecule has 0 saturated carbocycles. The predicted octanol–water partition coefficient (Wildman–Crippen LogP) is 4.76. The number of anilines is 1. The molecule has 5 heteroatoms. The van der Waals surface area contributed by atoms with Gasteiger partial charge in [0.05, 0.1) is 17.3 Å². The van der Waals surface area contributed by atoms with E-state index in [1.165, 1.54) is 0 Å². The minimum atomic E-state index is -0.720. The lowest BCUT2D eigenvalue weighted by atomic mass is 10.2. The third-order valence-electron chi connectivity index (χ3n) is 3.78. The lowest BCUT2D eigenvalue weighted by Crippen LogP contribution is -2.30. The van der Waals surface area contributed by atoms with Crippen LogP contribution in [0.15, 0.2) is 78.9 Å². The highest BCUT2D eigenvalue weighted by Crippen LogP contribution is 2.29. The highest BCUT2D eigenvalue weighted by Gasteiger charge is 2.17. The summed E-state index contributed by atoms with van der Waals surface area (Å²) in [5.41, 5.74) is 1.09. The van der Waals surface area contributed by atoms with Crippen molar-refractivity contribution in [1.29, 1.82) is 5.26 Å². The summed E-state index contributed by atoms with van der Waals surface area (Å²) < 4.78 is 11.5. The molecule has 134 valence electrons. The molecule has 27 heavy (non-hydrogen) atoms. The highest BCUT2D eigenvalue weighted by molar-refractivity contribution is 5.95. The van der Waals surface area contributed by atoms with Gasteiger partial charge < -0.3 is 14.8 Å². The molecule has 3 aromatic rings. The molecule has 0 heterocycles. The fraction of sp³-hybridized carbons (Fsp3) is 0.0909. The summed E-state index contributed by atoms with van der Waals surface area (Å²) in [5, 5.41) is 11.7. The number of nitriles is 1. The second-order valence-electron chi connectivity index (χ2n) is 5.80. The van der Waals surface area contributed by atoms with E-state index in [0.29, 0.717) is 28.5 Å². The van der Waals surface area contributed by atoms with E-state index in [0.717, 1.165) is 0 Å². The molecule has 3 aromatic carbocycles. The Morgan fingerprint density at radius 2 is 1.59 bits per heavy atom. The van der Waals surface area contributed by atoms with Gasteiger partial charge in [-0.25, -0.2) is 0 Å². The molecule has 0 radical (unpaired) electrons. The van der Waals surface area contributed by atoms with Gasteiger partial charge in [0.2, 0.25) is 0 Å². The fourth-order valence-electron chi connectivity index (χ4n) is 2.37. The number of carbonyl (C=O) groups is 1. The summed E-state index contributed by atoms with van der Waals surface area (Å²) in [5.74, 6) is 1.44. The summed E-state index contributed by atoms with van der Waals surface area (Å²) in [6, 6.07) is 25.2. The maximum absolute atomic E-state index is 12.5. The van der Waals surface area contributed by atoms with Gasteiger partial charge in [0.25, 0.3) is 5.91 Å². The molecule has 1 amide bonds. The first-order valence-electron chi connectivity index (χ1n) is 8.45. The van der Waals surface area contributed by atoms with Crippen LogP contribution in [0.25, 0.3) is 0 Å².